The zero-order valence-corrected chi connectivity index (χ0v) is 11.0. The smallest absolute Gasteiger partial charge is 0.168 e. The van der Waals surface area contributed by atoms with Crippen molar-refractivity contribution in [1.29, 1.82) is 5.26 Å². The normalized spacial score (nSPS) is 10.9. The highest BCUT2D eigenvalue weighted by atomic mass is 15.3. The quantitative estimate of drug-likeness (QED) is 0.820. The SMILES string of the molecule is CC(C)CCn1nc(NC(C)C)c(C#N)c1N. The standard InChI is InChI=1S/C12H21N5/c1-8(2)5-6-17-11(14)10(7-13)12(16-17)15-9(3)4/h8-9H,5-6,14H2,1-4H3,(H,15,16). The molecule has 0 saturated carbocycles. The number of hydrogen-bond donors (Lipinski definition) is 2. The van der Waals surface area contributed by atoms with Crippen molar-refractivity contribution >= 4 is 11.6 Å². The van der Waals surface area contributed by atoms with E-state index in [1.807, 2.05) is 13.8 Å². The topological polar surface area (TPSA) is 79.7 Å². The summed E-state index contributed by atoms with van der Waals surface area (Å²) in [6.07, 6.45) is 0.998. The Hall–Kier alpha value is -1.70. The Bertz CT molecular complexity index is 411. The van der Waals surface area contributed by atoms with Gasteiger partial charge in [0.1, 0.15) is 17.5 Å². The van der Waals surface area contributed by atoms with E-state index < -0.39 is 0 Å². The molecule has 0 fully saturated rings. The van der Waals surface area contributed by atoms with E-state index in [2.05, 4.69) is 30.3 Å². The monoisotopic (exact) mass is 235 g/mol. The highest BCUT2D eigenvalue weighted by Crippen LogP contribution is 2.22. The zero-order valence-electron chi connectivity index (χ0n) is 11.0. The summed E-state index contributed by atoms with van der Waals surface area (Å²) >= 11 is 0. The number of nitrogens with two attached hydrogens (primary N) is 1. The van der Waals surface area contributed by atoms with Crippen LogP contribution in [0.1, 0.15) is 39.7 Å². The van der Waals surface area contributed by atoms with Gasteiger partial charge < -0.3 is 11.1 Å². The van der Waals surface area contributed by atoms with Crippen LogP contribution in [0.15, 0.2) is 0 Å². The lowest BCUT2D eigenvalue weighted by Gasteiger charge is -2.07. The van der Waals surface area contributed by atoms with Crippen molar-refractivity contribution in [3.05, 3.63) is 5.56 Å². The lowest BCUT2D eigenvalue weighted by atomic mass is 10.1. The molecule has 0 atom stereocenters. The number of nitrogens with zero attached hydrogens (tertiary/aromatic N) is 3. The number of nitriles is 1. The Labute approximate surface area is 103 Å². The van der Waals surface area contributed by atoms with E-state index in [1.54, 1.807) is 4.68 Å². The molecule has 1 rings (SSSR count). The minimum Gasteiger partial charge on any atom is -0.383 e. The second-order valence-corrected chi connectivity index (χ2v) is 4.93. The average Bonchev–Trinajstić information content (AvgIpc) is 2.51. The number of aromatic nitrogens is 2. The van der Waals surface area contributed by atoms with Gasteiger partial charge in [0.15, 0.2) is 5.82 Å². The molecule has 0 aromatic carbocycles. The van der Waals surface area contributed by atoms with Crippen LogP contribution in [-0.4, -0.2) is 15.8 Å². The molecule has 0 unspecified atom stereocenters. The van der Waals surface area contributed by atoms with Crippen LogP contribution in [0.3, 0.4) is 0 Å². The molecule has 0 bridgehead atoms. The van der Waals surface area contributed by atoms with Gasteiger partial charge in [-0.2, -0.15) is 10.4 Å². The second kappa shape index (κ2) is 5.58. The molecule has 0 aliphatic rings. The Morgan fingerprint density at radius 3 is 2.53 bits per heavy atom. The van der Waals surface area contributed by atoms with E-state index in [4.69, 9.17) is 11.0 Å². The molecule has 0 saturated heterocycles. The van der Waals surface area contributed by atoms with Crippen molar-refractivity contribution in [2.75, 3.05) is 11.1 Å². The van der Waals surface area contributed by atoms with Gasteiger partial charge in [-0.25, -0.2) is 4.68 Å². The molecule has 94 valence electrons. The van der Waals surface area contributed by atoms with E-state index in [-0.39, 0.29) is 6.04 Å². The van der Waals surface area contributed by atoms with Gasteiger partial charge in [-0.15, -0.1) is 0 Å². The van der Waals surface area contributed by atoms with Gasteiger partial charge >= 0.3 is 0 Å². The molecule has 3 N–H and O–H groups in total. The summed E-state index contributed by atoms with van der Waals surface area (Å²) < 4.78 is 1.71. The van der Waals surface area contributed by atoms with Crippen LogP contribution in [0.25, 0.3) is 0 Å². The van der Waals surface area contributed by atoms with Gasteiger partial charge in [-0.3, -0.25) is 0 Å². The van der Waals surface area contributed by atoms with Crippen molar-refractivity contribution < 1.29 is 0 Å². The largest absolute Gasteiger partial charge is 0.383 e. The van der Waals surface area contributed by atoms with Gasteiger partial charge in [-0.05, 0) is 26.2 Å². The summed E-state index contributed by atoms with van der Waals surface area (Å²) in [6.45, 7) is 9.06. The Kier molecular flexibility index (Phi) is 4.38. The Morgan fingerprint density at radius 2 is 2.06 bits per heavy atom. The second-order valence-electron chi connectivity index (χ2n) is 4.93. The Balaban J connectivity index is 2.93. The van der Waals surface area contributed by atoms with Crippen molar-refractivity contribution in [3.63, 3.8) is 0 Å². The number of aryl methyl sites for hydroxylation is 1. The fraction of sp³-hybridized carbons (Fsp3) is 0.667. The first-order chi connectivity index (χ1) is 7.95. The van der Waals surface area contributed by atoms with Gasteiger partial charge in [0.25, 0.3) is 0 Å². The van der Waals surface area contributed by atoms with Crippen molar-refractivity contribution in [1.82, 2.24) is 9.78 Å². The fourth-order valence-electron chi connectivity index (χ4n) is 1.51. The average molecular weight is 235 g/mol. The van der Waals surface area contributed by atoms with Crippen molar-refractivity contribution in [3.8, 4) is 6.07 Å². The molecule has 5 heteroatoms. The molecule has 0 amide bonds. The molecule has 17 heavy (non-hydrogen) atoms. The molecular weight excluding hydrogens is 214 g/mol. The van der Waals surface area contributed by atoms with E-state index in [0.29, 0.717) is 23.1 Å². The third kappa shape index (κ3) is 3.38. The molecule has 0 aliphatic heterocycles. The van der Waals surface area contributed by atoms with Crippen LogP contribution in [0, 0.1) is 17.2 Å². The molecular formula is C12H21N5. The van der Waals surface area contributed by atoms with Crippen LogP contribution >= 0.6 is 0 Å². The van der Waals surface area contributed by atoms with Crippen LogP contribution in [0.4, 0.5) is 11.6 Å². The zero-order chi connectivity index (χ0) is 13.0. The minimum atomic E-state index is 0.231. The summed E-state index contributed by atoms with van der Waals surface area (Å²) in [5, 5.41) is 16.6. The maximum Gasteiger partial charge on any atom is 0.168 e. The van der Waals surface area contributed by atoms with Crippen molar-refractivity contribution in [2.24, 2.45) is 5.92 Å². The number of hydrogen-bond acceptors (Lipinski definition) is 4. The first kappa shape index (κ1) is 13.4. The summed E-state index contributed by atoms with van der Waals surface area (Å²) in [7, 11) is 0. The summed E-state index contributed by atoms with van der Waals surface area (Å²) in [5.74, 6) is 1.63. The van der Waals surface area contributed by atoms with Gasteiger partial charge in [-0.1, -0.05) is 13.8 Å². The van der Waals surface area contributed by atoms with Gasteiger partial charge in [0, 0.05) is 12.6 Å². The third-order valence-corrected chi connectivity index (χ3v) is 2.45. The highest BCUT2D eigenvalue weighted by molar-refractivity contribution is 5.63. The molecule has 0 aliphatic carbocycles. The predicted octanol–water partition coefficient (Wildman–Crippen LogP) is 2.20. The number of rotatable bonds is 5. The molecule has 0 radical (unpaired) electrons. The van der Waals surface area contributed by atoms with E-state index in [1.165, 1.54) is 0 Å². The minimum absolute atomic E-state index is 0.231. The molecule has 5 nitrogen and oxygen atoms in total. The van der Waals surface area contributed by atoms with E-state index in [0.717, 1.165) is 13.0 Å². The third-order valence-electron chi connectivity index (χ3n) is 2.45. The van der Waals surface area contributed by atoms with Crippen LogP contribution in [0.5, 0.6) is 0 Å². The maximum atomic E-state index is 9.08. The first-order valence-corrected chi connectivity index (χ1v) is 5.98. The van der Waals surface area contributed by atoms with Crippen LogP contribution < -0.4 is 11.1 Å². The first-order valence-electron chi connectivity index (χ1n) is 5.98. The molecule has 0 spiro atoms. The van der Waals surface area contributed by atoms with Gasteiger partial charge in [0.2, 0.25) is 0 Å². The number of nitrogens with one attached hydrogen (secondary N) is 1. The highest BCUT2D eigenvalue weighted by Gasteiger charge is 2.15. The number of anilines is 2. The molecule has 1 aromatic heterocycles. The van der Waals surface area contributed by atoms with E-state index >= 15 is 0 Å². The maximum absolute atomic E-state index is 9.08. The summed E-state index contributed by atoms with van der Waals surface area (Å²) in [5.41, 5.74) is 6.36. The fourth-order valence-corrected chi connectivity index (χ4v) is 1.51. The van der Waals surface area contributed by atoms with Gasteiger partial charge in [0.05, 0.1) is 0 Å². The number of nitrogen functional groups attached to an aromatic ring is 1. The summed E-state index contributed by atoms with van der Waals surface area (Å²) in [6, 6.07) is 2.34. The lowest BCUT2D eigenvalue weighted by Crippen LogP contribution is -2.11. The van der Waals surface area contributed by atoms with E-state index in [9.17, 15) is 0 Å². The Morgan fingerprint density at radius 1 is 1.41 bits per heavy atom. The predicted molar refractivity (Wildman–Crippen MR) is 69.6 cm³/mol. The summed E-state index contributed by atoms with van der Waals surface area (Å²) in [4.78, 5) is 0. The lowest BCUT2D eigenvalue weighted by molar-refractivity contribution is 0.492. The van der Waals surface area contributed by atoms with Crippen LogP contribution in [-0.2, 0) is 6.54 Å². The van der Waals surface area contributed by atoms with Crippen LogP contribution in [0.2, 0.25) is 0 Å². The van der Waals surface area contributed by atoms with Crippen molar-refractivity contribution in [2.45, 2.75) is 46.7 Å². The molecule has 1 aromatic rings. The molecule has 1 heterocycles.